The normalized spacial score (nSPS) is 11.5. The molecule has 4 rings (SSSR count). The first-order valence-corrected chi connectivity index (χ1v) is 8.61. The van der Waals surface area contributed by atoms with Gasteiger partial charge in [-0.05, 0) is 36.4 Å². The molecule has 28 heavy (non-hydrogen) atoms. The second kappa shape index (κ2) is 7.06. The van der Waals surface area contributed by atoms with Gasteiger partial charge in [0.25, 0.3) is 0 Å². The number of carbonyl (C=O) groups is 1. The lowest BCUT2D eigenvalue weighted by Gasteiger charge is -2.08. The summed E-state index contributed by atoms with van der Waals surface area (Å²) in [6.45, 7) is 0. The third-order valence-electron chi connectivity index (χ3n) is 4.15. The van der Waals surface area contributed by atoms with Gasteiger partial charge in [0.15, 0.2) is 0 Å². The Morgan fingerprint density at radius 2 is 2.04 bits per heavy atom. The fraction of sp³-hybridized carbons (Fsp3) is 0. The summed E-state index contributed by atoms with van der Waals surface area (Å²) in [5.41, 5.74) is 2.11. The van der Waals surface area contributed by atoms with Crippen LogP contribution in [0.4, 0.5) is 0 Å². The summed E-state index contributed by atoms with van der Waals surface area (Å²) in [5, 5.41) is 21.2. The van der Waals surface area contributed by atoms with Crippen LogP contribution >= 0.6 is 11.6 Å². The minimum atomic E-state index is -1.33. The van der Waals surface area contributed by atoms with Crippen molar-refractivity contribution in [3.8, 4) is 17.4 Å². The molecule has 2 aromatic heterocycles. The Morgan fingerprint density at radius 3 is 2.79 bits per heavy atom. The minimum Gasteiger partial charge on any atom is -0.545 e. The van der Waals surface area contributed by atoms with Gasteiger partial charge in [-0.3, -0.25) is 0 Å². The van der Waals surface area contributed by atoms with Gasteiger partial charge in [0.1, 0.15) is 23.4 Å². The number of furan rings is 1. The molecule has 0 radical (unpaired) electrons. The zero-order chi connectivity index (χ0) is 19.7. The number of halogens is 1. The second-order valence-corrected chi connectivity index (χ2v) is 6.39. The van der Waals surface area contributed by atoms with E-state index in [1.165, 1.54) is 24.3 Å². The topological polar surface area (TPSA) is 106 Å². The number of nitriles is 1. The Hall–Kier alpha value is -3.82. The minimum absolute atomic E-state index is 0.0351. The number of carbonyl (C=O) groups excluding carboxylic acids is 1. The van der Waals surface area contributed by atoms with Crippen molar-refractivity contribution in [2.45, 2.75) is 0 Å². The van der Waals surface area contributed by atoms with E-state index in [4.69, 9.17) is 16.0 Å². The number of hydrogen-bond acceptors (Lipinski definition) is 5. The molecule has 7 heteroatoms. The molecule has 4 aromatic rings. The van der Waals surface area contributed by atoms with E-state index in [1.807, 2.05) is 24.3 Å². The zero-order valence-corrected chi connectivity index (χ0v) is 15.0. The largest absolute Gasteiger partial charge is 0.545 e. The summed E-state index contributed by atoms with van der Waals surface area (Å²) in [4.78, 5) is 18.8. The van der Waals surface area contributed by atoms with Crippen LogP contribution in [0.5, 0.6) is 0 Å². The highest BCUT2D eigenvalue weighted by atomic mass is 35.5. The van der Waals surface area contributed by atoms with E-state index in [2.05, 4.69) is 16.0 Å². The molecule has 0 atom stereocenters. The molecule has 0 aliphatic heterocycles. The summed E-state index contributed by atoms with van der Waals surface area (Å²) in [7, 11) is 0. The number of carboxylic acids is 1. The molecule has 6 nitrogen and oxygen atoms in total. The van der Waals surface area contributed by atoms with Crippen LogP contribution in [0.3, 0.4) is 0 Å². The van der Waals surface area contributed by atoms with Crippen LogP contribution in [-0.4, -0.2) is 15.9 Å². The van der Waals surface area contributed by atoms with Gasteiger partial charge in [-0.25, -0.2) is 4.98 Å². The summed E-state index contributed by atoms with van der Waals surface area (Å²) < 4.78 is 5.72. The van der Waals surface area contributed by atoms with E-state index < -0.39 is 5.97 Å². The number of nitrogens with one attached hydrogen (secondary N) is 1. The van der Waals surface area contributed by atoms with Crippen LogP contribution in [0.15, 0.2) is 59.0 Å². The van der Waals surface area contributed by atoms with E-state index in [0.717, 1.165) is 11.0 Å². The van der Waals surface area contributed by atoms with Crippen LogP contribution in [0.1, 0.15) is 21.9 Å². The van der Waals surface area contributed by atoms with Gasteiger partial charge in [-0.2, -0.15) is 5.26 Å². The van der Waals surface area contributed by atoms with Crippen molar-refractivity contribution in [3.05, 3.63) is 76.8 Å². The molecular weight excluding hydrogens is 378 g/mol. The molecule has 0 bridgehead atoms. The number of aromatic amines is 1. The third-order valence-corrected chi connectivity index (χ3v) is 4.38. The Labute approximate surface area is 164 Å². The molecule has 2 aromatic carbocycles. The number of benzene rings is 2. The number of fused-ring (bicyclic) bond motifs is 1. The summed E-state index contributed by atoms with van der Waals surface area (Å²) in [6.07, 6.45) is 1.53. The highest BCUT2D eigenvalue weighted by Crippen LogP contribution is 2.30. The van der Waals surface area contributed by atoms with Crippen molar-refractivity contribution in [3.63, 3.8) is 0 Å². The first-order chi connectivity index (χ1) is 13.5. The van der Waals surface area contributed by atoms with Crippen molar-refractivity contribution in [1.82, 2.24) is 9.97 Å². The van der Waals surface area contributed by atoms with Gasteiger partial charge in [0.05, 0.1) is 22.6 Å². The highest BCUT2D eigenvalue weighted by molar-refractivity contribution is 6.31. The summed E-state index contributed by atoms with van der Waals surface area (Å²) in [6, 6.07) is 17.1. The number of nitrogens with zero attached hydrogens (tertiary/aromatic N) is 2. The maximum atomic E-state index is 11.3. The van der Waals surface area contributed by atoms with Crippen molar-refractivity contribution in [2.24, 2.45) is 0 Å². The molecule has 0 saturated carbocycles. The third kappa shape index (κ3) is 3.27. The van der Waals surface area contributed by atoms with Crippen molar-refractivity contribution >= 4 is 40.3 Å². The maximum Gasteiger partial charge on any atom is 0.149 e. The monoisotopic (exact) mass is 388 g/mol. The van der Waals surface area contributed by atoms with Gasteiger partial charge in [0, 0.05) is 22.2 Å². The molecule has 0 saturated heterocycles. The van der Waals surface area contributed by atoms with Gasteiger partial charge in [-0.1, -0.05) is 29.8 Å². The van der Waals surface area contributed by atoms with E-state index in [1.54, 1.807) is 12.1 Å². The van der Waals surface area contributed by atoms with Gasteiger partial charge >= 0.3 is 0 Å². The Kier molecular flexibility index (Phi) is 4.44. The predicted octanol–water partition coefficient (Wildman–Crippen LogP) is 3.90. The van der Waals surface area contributed by atoms with Crippen LogP contribution in [0.25, 0.3) is 34.0 Å². The number of allylic oxidation sites excluding steroid dienone is 1. The quantitative estimate of drug-likeness (QED) is 0.533. The van der Waals surface area contributed by atoms with Crippen LogP contribution in [0, 0.1) is 11.3 Å². The fourth-order valence-electron chi connectivity index (χ4n) is 2.85. The summed E-state index contributed by atoms with van der Waals surface area (Å²) >= 11 is 5.98. The first kappa shape index (κ1) is 17.6. The fourth-order valence-corrected chi connectivity index (χ4v) is 3.02. The standard InChI is InChI=1S/C21H12ClN3O3/c22-13-5-7-15(21(26)27)16(10-13)19-8-6-14(28-19)9-12(11-23)20-24-17-3-1-2-4-18(17)25-20/h1-10H,(H,24,25)(H,26,27)/p-1/b12-9+. The van der Waals surface area contributed by atoms with E-state index in [0.29, 0.717) is 27.9 Å². The zero-order valence-electron chi connectivity index (χ0n) is 14.3. The summed E-state index contributed by atoms with van der Waals surface area (Å²) in [5.74, 6) is -0.244. The van der Waals surface area contributed by atoms with Gasteiger partial charge in [0.2, 0.25) is 0 Å². The highest BCUT2D eigenvalue weighted by Gasteiger charge is 2.13. The van der Waals surface area contributed by atoms with Gasteiger partial charge in [-0.15, -0.1) is 0 Å². The molecule has 0 aliphatic rings. The molecule has 0 unspecified atom stereocenters. The van der Waals surface area contributed by atoms with E-state index in [-0.39, 0.29) is 11.1 Å². The van der Waals surface area contributed by atoms with Crippen molar-refractivity contribution < 1.29 is 14.3 Å². The van der Waals surface area contributed by atoms with Gasteiger partial charge < -0.3 is 19.3 Å². The number of imidazole rings is 1. The molecule has 0 amide bonds. The predicted molar refractivity (Wildman–Crippen MR) is 103 cm³/mol. The number of H-pyrrole nitrogens is 1. The number of carboxylic acid groups (broad SMARTS) is 1. The molecule has 0 aliphatic carbocycles. The Morgan fingerprint density at radius 1 is 1.21 bits per heavy atom. The molecule has 0 fully saturated rings. The smallest absolute Gasteiger partial charge is 0.149 e. The number of rotatable bonds is 4. The first-order valence-electron chi connectivity index (χ1n) is 8.23. The number of para-hydroxylation sites is 2. The second-order valence-electron chi connectivity index (χ2n) is 5.95. The van der Waals surface area contributed by atoms with E-state index >= 15 is 0 Å². The lowest BCUT2D eigenvalue weighted by atomic mass is 10.1. The molecular formula is C21H11ClN3O3-. The number of aromatic nitrogens is 2. The lowest BCUT2D eigenvalue weighted by Crippen LogP contribution is -2.22. The van der Waals surface area contributed by atoms with Crippen molar-refractivity contribution in [2.75, 3.05) is 0 Å². The SMILES string of the molecule is N#C/C(=C\c1ccc(-c2cc(Cl)ccc2C(=O)[O-])o1)c1nc2ccccc2[nH]1. The average molecular weight is 389 g/mol. The van der Waals surface area contributed by atoms with Crippen molar-refractivity contribution in [1.29, 1.82) is 5.26 Å². The van der Waals surface area contributed by atoms with Crippen LogP contribution in [0.2, 0.25) is 5.02 Å². The van der Waals surface area contributed by atoms with Crippen LogP contribution in [-0.2, 0) is 0 Å². The number of hydrogen-bond donors (Lipinski definition) is 1. The number of aromatic carboxylic acids is 1. The lowest BCUT2D eigenvalue weighted by molar-refractivity contribution is -0.254. The Balaban J connectivity index is 1.74. The maximum absolute atomic E-state index is 11.3. The molecule has 1 N–H and O–H groups in total. The average Bonchev–Trinajstić information content (AvgIpc) is 3.32. The molecule has 136 valence electrons. The van der Waals surface area contributed by atoms with Crippen LogP contribution < -0.4 is 5.11 Å². The van der Waals surface area contributed by atoms with E-state index in [9.17, 15) is 15.2 Å². The Bertz CT molecular complexity index is 1240. The molecule has 2 heterocycles. The molecule has 0 spiro atoms.